The minimum Gasteiger partial charge on any atom is -0.352 e. The SMILES string of the molecule is CCNC(=O)c1ccc(NC(=O)CCc2ccccc2)cc1. The van der Waals surface area contributed by atoms with Crippen LogP contribution < -0.4 is 10.6 Å². The lowest BCUT2D eigenvalue weighted by Crippen LogP contribution is -2.22. The molecular weight excluding hydrogens is 276 g/mol. The number of rotatable bonds is 6. The van der Waals surface area contributed by atoms with E-state index in [2.05, 4.69) is 10.6 Å². The molecule has 0 aliphatic rings. The maximum Gasteiger partial charge on any atom is 0.251 e. The molecule has 2 amide bonds. The average Bonchev–Trinajstić information content (AvgIpc) is 2.55. The molecule has 4 nitrogen and oxygen atoms in total. The van der Waals surface area contributed by atoms with E-state index in [1.807, 2.05) is 37.3 Å². The molecule has 2 N–H and O–H groups in total. The van der Waals surface area contributed by atoms with E-state index in [0.717, 1.165) is 5.56 Å². The Hall–Kier alpha value is -2.62. The van der Waals surface area contributed by atoms with Gasteiger partial charge in [-0.2, -0.15) is 0 Å². The molecule has 2 rings (SSSR count). The molecule has 0 atom stereocenters. The van der Waals surface area contributed by atoms with Crippen LogP contribution in [0.1, 0.15) is 29.3 Å². The highest BCUT2D eigenvalue weighted by Gasteiger charge is 2.06. The van der Waals surface area contributed by atoms with Gasteiger partial charge in [-0.15, -0.1) is 0 Å². The minimum atomic E-state index is -0.107. The lowest BCUT2D eigenvalue weighted by molar-refractivity contribution is -0.116. The minimum absolute atomic E-state index is 0.0328. The van der Waals surface area contributed by atoms with E-state index in [0.29, 0.717) is 30.6 Å². The van der Waals surface area contributed by atoms with Crippen LogP contribution in [0.3, 0.4) is 0 Å². The molecule has 114 valence electrons. The topological polar surface area (TPSA) is 58.2 Å². The zero-order chi connectivity index (χ0) is 15.8. The highest BCUT2D eigenvalue weighted by atomic mass is 16.2. The number of amides is 2. The molecule has 22 heavy (non-hydrogen) atoms. The van der Waals surface area contributed by atoms with Gasteiger partial charge in [-0.1, -0.05) is 30.3 Å². The van der Waals surface area contributed by atoms with Crippen LogP contribution in [0, 0.1) is 0 Å². The fraction of sp³-hybridized carbons (Fsp3) is 0.222. The van der Waals surface area contributed by atoms with E-state index in [4.69, 9.17) is 0 Å². The zero-order valence-electron chi connectivity index (χ0n) is 12.6. The van der Waals surface area contributed by atoms with Gasteiger partial charge in [-0.05, 0) is 43.2 Å². The summed E-state index contributed by atoms with van der Waals surface area (Å²) in [5.41, 5.74) is 2.43. The van der Waals surface area contributed by atoms with E-state index in [1.165, 1.54) is 0 Å². The maximum atomic E-state index is 11.9. The molecule has 4 heteroatoms. The van der Waals surface area contributed by atoms with Gasteiger partial charge in [-0.25, -0.2) is 0 Å². The van der Waals surface area contributed by atoms with Gasteiger partial charge in [0.15, 0.2) is 0 Å². The van der Waals surface area contributed by atoms with Crippen molar-refractivity contribution in [3.63, 3.8) is 0 Å². The molecule has 0 aromatic heterocycles. The van der Waals surface area contributed by atoms with Crippen LogP contribution in [0.15, 0.2) is 54.6 Å². The molecule has 0 heterocycles. The van der Waals surface area contributed by atoms with Crippen molar-refractivity contribution in [1.29, 1.82) is 0 Å². The second-order valence-electron chi connectivity index (χ2n) is 4.97. The summed E-state index contributed by atoms with van der Waals surface area (Å²) in [7, 11) is 0. The molecule has 0 radical (unpaired) electrons. The molecule has 0 unspecified atom stereocenters. The van der Waals surface area contributed by atoms with E-state index < -0.39 is 0 Å². The predicted molar refractivity (Wildman–Crippen MR) is 87.8 cm³/mol. The highest BCUT2D eigenvalue weighted by molar-refractivity contribution is 5.95. The first-order chi connectivity index (χ1) is 10.7. The van der Waals surface area contributed by atoms with E-state index in [-0.39, 0.29) is 11.8 Å². The molecule has 0 aliphatic heterocycles. The van der Waals surface area contributed by atoms with Crippen molar-refractivity contribution in [2.45, 2.75) is 19.8 Å². The Labute approximate surface area is 130 Å². The molecule has 0 saturated heterocycles. The van der Waals surface area contributed by atoms with Crippen molar-refractivity contribution in [3.8, 4) is 0 Å². The number of benzene rings is 2. The Morgan fingerprint density at radius 3 is 2.27 bits per heavy atom. The van der Waals surface area contributed by atoms with Gasteiger partial charge in [0.1, 0.15) is 0 Å². The molecule has 2 aromatic carbocycles. The van der Waals surface area contributed by atoms with Crippen LogP contribution in [0.5, 0.6) is 0 Å². The van der Waals surface area contributed by atoms with Crippen molar-refractivity contribution >= 4 is 17.5 Å². The third kappa shape index (κ3) is 4.74. The third-order valence-corrected chi connectivity index (χ3v) is 3.25. The van der Waals surface area contributed by atoms with Gasteiger partial charge in [0.05, 0.1) is 0 Å². The first-order valence-electron chi connectivity index (χ1n) is 7.41. The van der Waals surface area contributed by atoms with Gasteiger partial charge in [0, 0.05) is 24.2 Å². The Kier molecular flexibility index (Phi) is 5.72. The summed E-state index contributed by atoms with van der Waals surface area (Å²) in [6, 6.07) is 16.8. The van der Waals surface area contributed by atoms with Crippen LogP contribution in [0.4, 0.5) is 5.69 Å². The van der Waals surface area contributed by atoms with Crippen molar-refractivity contribution in [3.05, 3.63) is 65.7 Å². The summed E-state index contributed by atoms with van der Waals surface area (Å²) in [5.74, 6) is -0.140. The summed E-state index contributed by atoms with van der Waals surface area (Å²) in [6.07, 6.45) is 1.14. The van der Waals surface area contributed by atoms with Gasteiger partial charge < -0.3 is 10.6 Å². The quantitative estimate of drug-likeness (QED) is 0.861. The zero-order valence-corrected chi connectivity index (χ0v) is 12.6. The fourth-order valence-corrected chi connectivity index (χ4v) is 2.09. The first kappa shape index (κ1) is 15.8. The van der Waals surface area contributed by atoms with Crippen LogP contribution in [0.2, 0.25) is 0 Å². The molecule has 2 aromatic rings. The van der Waals surface area contributed by atoms with Crippen molar-refractivity contribution in [2.75, 3.05) is 11.9 Å². The lowest BCUT2D eigenvalue weighted by atomic mass is 10.1. The number of anilines is 1. The fourth-order valence-electron chi connectivity index (χ4n) is 2.09. The first-order valence-corrected chi connectivity index (χ1v) is 7.41. The average molecular weight is 296 g/mol. The largest absolute Gasteiger partial charge is 0.352 e. The number of nitrogens with one attached hydrogen (secondary N) is 2. The summed E-state index contributed by atoms with van der Waals surface area (Å²) >= 11 is 0. The van der Waals surface area contributed by atoms with Crippen molar-refractivity contribution < 1.29 is 9.59 Å². The number of carbonyl (C=O) groups excluding carboxylic acids is 2. The molecule has 0 spiro atoms. The predicted octanol–water partition coefficient (Wildman–Crippen LogP) is 3.01. The summed E-state index contributed by atoms with van der Waals surface area (Å²) in [5, 5.41) is 5.57. The van der Waals surface area contributed by atoms with E-state index in [1.54, 1.807) is 24.3 Å². The smallest absolute Gasteiger partial charge is 0.251 e. The maximum absolute atomic E-state index is 11.9. The van der Waals surface area contributed by atoms with Crippen LogP contribution >= 0.6 is 0 Å². The summed E-state index contributed by atoms with van der Waals surface area (Å²) < 4.78 is 0. The Morgan fingerprint density at radius 2 is 1.64 bits per heavy atom. The third-order valence-electron chi connectivity index (χ3n) is 3.25. The standard InChI is InChI=1S/C18H20N2O2/c1-2-19-18(22)15-9-11-16(12-10-15)20-17(21)13-8-14-6-4-3-5-7-14/h3-7,9-12H,2,8,13H2,1H3,(H,19,22)(H,20,21). The number of hydrogen-bond donors (Lipinski definition) is 2. The molecular formula is C18H20N2O2. The summed E-state index contributed by atoms with van der Waals surface area (Å²) in [6.45, 7) is 2.47. The molecule has 0 saturated carbocycles. The Bertz CT molecular complexity index is 621. The second kappa shape index (κ2) is 7.98. The van der Waals surface area contributed by atoms with Gasteiger partial charge in [0.25, 0.3) is 5.91 Å². The summed E-state index contributed by atoms with van der Waals surface area (Å²) in [4.78, 5) is 23.6. The van der Waals surface area contributed by atoms with Gasteiger partial charge >= 0.3 is 0 Å². The number of carbonyl (C=O) groups is 2. The van der Waals surface area contributed by atoms with E-state index in [9.17, 15) is 9.59 Å². The van der Waals surface area contributed by atoms with Crippen molar-refractivity contribution in [2.24, 2.45) is 0 Å². The lowest BCUT2D eigenvalue weighted by Gasteiger charge is -2.07. The second-order valence-corrected chi connectivity index (χ2v) is 4.97. The van der Waals surface area contributed by atoms with Crippen LogP contribution in [-0.4, -0.2) is 18.4 Å². The molecule has 0 aliphatic carbocycles. The number of aryl methyl sites for hydroxylation is 1. The molecule has 0 bridgehead atoms. The van der Waals surface area contributed by atoms with E-state index >= 15 is 0 Å². The highest BCUT2D eigenvalue weighted by Crippen LogP contribution is 2.11. The number of hydrogen-bond acceptors (Lipinski definition) is 2. The van der Waals surface area contributed by atoms with Gasteiger partial charge in [-0.3, -0.25) is 9.59 Å². The monoisotopic (exact) mass is 296 g/mol. The van der Waals surface area contributed by atoms with Crippen LogP contribution in [0.25, 0.3) is 0 Å². The molecule has 0 fully saturated rings. The normalized spacial score (nSPS) is 10.0. The van der Waals surface area contributed by atoms with Gasteiger partial charge in [0.2, 0.25) is 5.91 Å². The van der Waals surface area contributed by atoms with Crippen LogP contribution in [-0.2, 0) is 11.2 Å². The van der Waals surface area contributed by atoms with Crippen molar-refractivity contribution in [1.82, 2.24) is 5.32 Å². The Balaban J connectivity index is 1.85. The Morgan fingerprint density at radius 1 is 0.955 bits per heavy atom.